The van der Waals surface area contributed by atoms with Gasteiger partial charge in [0.2, 0.25) is 0 Å². The molecule has 2 saturated heterocycles. The van der Waals surface area contributed by atoms with Gasteiger partial charge in [-0.3, -0.25) is 4.79 Å². The molecule has 2 aliphatic rings. The van der Waals surface area contributed by atoms with Gasteiger partial charge in [0.25, 0.3) is 0 Å². The Balaban J connectivity index is 1.94. The number of alkyl halides is 3. The summed E-state index contributed by atoms with van der Waals surface area (Å²) >= 11 is 0. The third kappa shape index (κ3) is 3.41. The Morgan fingerprint density at radius 3 is 2.50 bits per heavy atom. The van der Waals surface area contributed by atoms with Crippen LogP contribution in [0.4, 0.5) is 13.2 Å². The quantitative estimate of drug-likeness (QED) is 0.737. The monoisotopic (exact) mass is 296 g/mol. The number of halogens is 3. The highest BCUT2D eigenvalue weighted by Gasteiger charge is 2.47. The normalized spacial score (nSPS) is 30.1. The molecule has 0 aliphatic carbocycles. The second kappa shape index (κ2) is 5.59. The van der Waals surface area contributed by atoms with E-state index in [0.29, 0.717) is 6.42 Å². The van der Waals surface area contributed by atoms with E-state index >= 15 is 0 Å². The maximum absolute atomic E-state index is 12.1. The van der Waals surface area contributed by atoms with Crippen molar-refractivity contribution in [2.45, 2.75) is 50.7 Å². The molecular formula is C12H15F3O5. The molecule has 2 aliphatic heterocycles. The van der Waals surface area contributed by atoms with E-state index in [0.717, 1.165) is 19.8 Å². The maximum atomic E-state index is 12.1. The van der Waals surface area contributed by atoms with Gasteiger partial charge >= 0.3 is 18.1 Å². The highest BCUT2D eigenvalue weighted by Crippen LogP contribution is 2.41. The Kier molecular flexibility index (Phi) is 4.22. The van der Waals surface area contributed by atoms with E-state index in [-0.39, 0.29) is 18.1 Å². The van der Waals surface area contributed by atoms with Crippen LogP contribution in [0, 0.1) is 5.92 Å². The van der Waals surface area contributed by atoms with E-state index < -0.39 is 30.8 Å². The zero-order valence-electron chi connectivity index (χ0n) is 10.8. The minimum Gasteiger partial charge on any atom is -0.459 e. The first-order valence-corrected chi connectivity index (χ1v) is 6.34. The maximum Gasteiger partial charge on any atom is 0.490 e. The summed E-state index contributed by atoms with van der Waals surface area (Å²) in [5, 5.41) is 0. The largest absolute Gasteiger partial charge is 0.490 e. The summed E-state index contributed by atoms with van der Waals surface area (Å²) in [7, 11) is 0. The molecule has 0 aromatic carbocycles. The summed E-state index contributed by atoms with van der Waals surface area (Å²) in [4.78, 5) is 21.7. The number of ether oxygens (including phenoxy) is 3. The van der Waals surface area contributed by atoms with Crippen LogP contribution in [0.5, 0.6) is 0 Å². The van der Waals surface area contributed by atoms with Crippen molar-refractivity contribution in [3.63, 3.8) is 0 Å². The number of carbonyl (C=O) groups is 2. The highest BCUT2D eigenvalue weighted by atomic mass is 19.4. The van der Waals surface area contributed by atoms with Gasteiger partial charge < -0.3 is 14.2 Å². The Bertz CT molecular complexity index is 395. The van der Waals surface area contributed by atoms with Crippen molar-refractivity contribution in [1.29, 1.82) is 0 Å². The Morgan fingerprint density at radius 2 is 2.05 bits per heavy atom. The number of hydrogen-bond acceptors (Lipinski definition) is 5. The fourth-order valence-electron chi connectivity index (χ4n) is 2.77. The average molecular weight is 296 g/mol. The average Bonchev–Trinajstić information content (AvgIpc) is 2.94. The molecule has 0 amide bonds. The van der Waals surface area contributed by atoms with Crippen molar-refractivity contribution in [2.24, 2.45) is 5.92 Å². The first-order valence-electron chi connectivity index (χ1n) is 6.34. The van der Waals surface area contributed by atoms with Crippen LogP contribution in [0.3, 0.4) is 0 Å². The van der Waals surface area contributed by atoms with E-state index in [1.165, 1.54) is 0 Å². The van der Waals surface area contributed by atoms with Gasteiger partial charge in [0.1, 0.15) is 12.7 Å². The van der Waals surface area contributed by atoms with Crippen molar-refractivity contribution in [1.82, 2.24) is 0 Å². The number of fused-ring (bicyclic) bond motifs is 2. The van der Waals surface area contributed by atoms with Crippen LogP contribution >= 0.6 is 0 Å². The van der Waals surface area contributed by atoms with Gasteiger partial charge in [0.15, 0.2) is 0 Å². The zero-order valence-corrected chi connectivity index (χ0v) is 10.8. The molecule has 0 aromatic heterocycles. The van der Waals surface area contributed by atoms with E-state index in [4.69, 9.17) is 9.47 Å². The van der Waals surface area contributed by atoms with Gasteiger partial charge in [-0.2, -0.15) is 13.2 Å². The predicted octanol–water partition coefficient (Wildman–Crippen LogP) is 1.59. The predicted molar refractivity (Wildman–Crippen MR) is 58.6 cm³/mol. The van der Waals surface area contributed by atoms with Crippen LogP contribution in [-0.2, 0) is 23.8 Å². The lowest BCUT2D eigenvalue weighted by molar-refractivity contribution is -0.204. The molecule has 20 heavy (non-hydrogen) atoms. The highest BCUT2D eigenvalue weighted by molar-refractivity contribution is 5.75. The number of carbonyl (C=O) groups excluding carboxylic acids is 2. The zero-order chi connectivity index (χ0) is 14.9. The molecule has 2 heterocycles. The minimum atomic E-state index is -5.05. The van der Waals surface area contributed by atoms with Gasteiger partial charge in [-0.05, 0) is 19.3 Å². The third-order valence-electron chi connectivity index (χ3n) is 3.56. The summed E-state index contributed by atoms with van der Waals surface area (Å²) in [5.41, 5.74) is 0. The fraction of sp³-hybridized carbons (Fsp3) is 0.833. The lowest BCUT2D eigenvalue weighted by Gasteiger charge is -2.27. The molecule has 0 radical (unpaired) electrons. The molecule has 0 N–H and O–H groups in total. The molecule has 0 aromatic rings. The summed E-state index contributed by atoms with van der Waals surface area (Å²) in [6.45, 7) is 0.557. The van der Waals surface area contributed by atoms with Crippen molar-refractivity contribution < 1.29 is 37.0 Å². The summed E-state index contributed by atoms with van der Waals surface area (Å²) in [6, 6.07) is 0. The minimum absolute atomic E-state index is 0.0568. The first kappa shape index (κ1) is 15.1. The second-order valence-electron chi connectivity index (χ2n) is 5.02. The van der Waals surface area contributed by atoms with E-state index in [1.54, 1.807) is 0 Å². The van der Waals surface area contributed by atoms with Gasteiger partial charge in [-0.15, -0.1) is 0 Å². The Morgan fingerprint density at radius 1 is 1.35 bits per heavy atom. The number of hydrogen-bond donors (Lipinski definition) is 0. The van der Waals surface area contributed by atoms with Crippen molar-refractivity contribution in [3.05, 3.63) is 0 Å². The van der Waals surface area contributed by atoms with Crippen molar-refractivity contribution >= 4 is 11.9 Å². The smallest absolute Gasteiger partial charge is 0.459 e. The van der Waals surface area contributed by atoms with Gasteiger partial charge in [0.05, 0.1) is 12.2 Å². The molecule has 4 atom stereocenters. The lowest BCUT2D eigenvalue weighted by atomic mass is 9.85. The van der Waals surface area contributed by atoms with Crippen LogP contribution in [0.1, 0.15) is 26.2 Å². The molecule has 1 unspecified atom stereocenters. The van der Waals surface area contributed by atoms with E-state index in [1.807, 2.05) is 0 Å². The van der Waals surface area contributed by atoms with Gasteiger partial charge in [-0.25, -0.2) is 4.79 Å². The first-order chi connectivity index (χ1) is 9.27. The van der Waals surface area contributed by atoms with Crippen LogP contribution in [0.2, 0.25) is 0 Å². The SMILES string of the molecule is CC(=O)OC(COC(=O)C(F)(F)F)[C@H]1C[C@H]2CC[C@@H]1O2. The molecular weight excluding hydrogens is 281 g/mol. The Hall–Kier alpha value is -1.31. The molecule has 0 saturated carbocycles. The topological polar surface area (TPSA) is 61.8 Å². The van der Waals surface area contributed by atoms with E-state index in [2.05, 4.69) is 4.74 Å². The fourth-order valence-corrected chi connectivity index (χ4v) is 2.77. The number of rotatable bonds is 4. The molecule has 2 rings (SSSR count). The van der Waals surface area contributed by atoms with Gasteiger partial charge in [-0.1, -0.05) is 0 Å². The molecule has 2 fully saturated rings. The molecule has 114 valence electrons. The third-order valence-corrected chi connectivity index (χ3v) is 3.56. The van der Waals surface area contributed by atoms with Crippen LogP contribution < -0.4 is 0 Å². The summed E-state index contributed by atoms with van der Waals surface area (Å²) < 4.78 is 51.0. The van der Waals surface area contributed by atoms with Crippen molar-refractivity contribution in [3.8, 4) is 0 Å². The van der Waals surface area contributed by atoms with Crippen LogP contribution in [-0.4, -0.2) is 43.0 Å². The molecule has 2 bridgehead atoms. The second-order valence-corrected chi connectivity index (χ2v) is 5.02. The van der Waals surface area contributed by atoms with Crippen LogP contribution in [0.25, 0.3) is 0 Å². The molecule has 5 nitrogen and oxygen atoms in total. The van der Waals surface area contributed by atoms with Crippen LogP contribution in [0.15, 0.2) is 0 Å². The standard InChI is InChI=1S/C12H15F3O5/c1-6(16)19-10(5-18-11(17)12(13,14)15)8-4-7-2-3-9(8)20-7/h7-10H,2-5H2,1H3/t7-,8+,9+,10?/m1/s1. The van der Waals surface area contributed by atoms with Crippen molar-refractivity contribution in [2.75, 3.05) is 6.61 Å². The van der Waals surface area contributed by atoms with Gasteiger partial charge in [0, 0.05) is 12.8 Å². The number of esters is 2. The summed E-state index contributed by atoms with van der Waals surface area (Å²) in [5.74, 6) is -3.13. The molecule has 0 spiro atoms. The summed E-state index contributed by atoms with van der Waals surface area (Å²) in [6.07, 6.45) is -3.75. The van der Waals surface area contributed by atoms with E-state index in [9.17, 15) is 22.8 Å². The lowest BCUT2D eigenvalue weighted by Crippen LogP contribution is -2.38. The Labute approximate surface area is 113 Å². The molecule has 8 heteroatoms.